The Labute approximate surface area is 306 Å². The molecule has 0 spiro atoms. The maximum atomic E-state index is 12.4. The van der Waals surface area contributed by atoms with E-state index in [-0.39, 0.29) is 19.4 Å². The summed E-state index contributed by atoms with van der Waals surface area (Å²) in [6.45, 7) is 3.62. The summed E-state index contributed by atoms with van der Waals surface area (Å²) in [4.78, 5) is 42.8. The van der Waals surface area contributed by atoms with Gasteiger partial charge in [-0.2, -0.15) is 0 Å². The van der Waals surface area contributed by atoms with Gasteiger partial charge in [0.25, 0.3) is 0 Å². The third-order valence-corrected chi connectivity index (χ3v) is 9.12. The summed E-state index contributed by atoms with van der Waals surface area (Å²) in [6, 6.07) is 0. The normalized spacial score (nSPS) is 12.8. The molecule has 0 aromatic rings. The Kier molecular flexibility index (Phi) is 35.8. The summed E-state index contributed by atoms with van der Waals surface area (Å²) in [5.74, 6) is -0.894. The molecule has 0 unspecified atom stereocenters. The fourth-order valence-corrected chi connectivity index (χ4v) is 5.92. The minimum Gasteiger partial charge on any atom is -0.462 e. The maximum Gasteiger partial charge on any atom is 0.469 e. The number of carbonyl (C=O) groups excluding carboxylic acids is 2. The molecule has 292 valence electrons. The standard InChI is InChI=1S/C41H75O8P/c1-3-5-7-9-11-13-15-17-19-20-22-24-26-28-30-32-34-36-41(43)49-39(38-48-50(44,45)46)37-47-40(42)35-33-31-29-27-25-23-21-18-16-14-12-10-8-6-4-2/h10-13,17,19,39H,3-9,14-16,18,20-38H2,1-2H3,(H2,44,45,46)/b12-10+,13-11+,19-17+/t39-/m1/s1. The van der Waals surface area contributed by atoms with E-state index in [9.17, 15) is 14.2 Å². The fourth-order valence-electron chi connectivity index (χ4n) is 5.56. The van der Waals surface area contributed by atoms with Crippen molar-refractivity contribution < 1.29 is 37.9 Å². The summed E-state index contributed by atoms with van der Waals surface area (Å²) >= 11 is 0. The highest BCUT2D eigenvalue weighted by Gasteiger charge is 2.22. The van der Waals surface area contributed by atoms with E-state index in [2.05, 4.69) is 54.8 Å². The molecule has 0 amide bonds. The Hall–Kier alpha value is -1.73. The Morgan fingerprint density at radius 1 is 0.520 bits per heavy atom. The largest absolute Gasteiger partial charge is 0.469 e. The van der Waals surface area contributed by atoms with E-state index in [1.54, 1.807) is 0 Å². The van der Waals surface area contributed by atoms with E-state index in [1.165, 1.54) is 109 Å². The summed E-state index contributed by atoms with van der Waals surface area (Å²) in [5.41, 5.74) is 0. The Morgan fingerprint density at radius 2 is 0.920 bits per heavy atom. The lowest BCUT2D eigenvalue weighted by Crippen LogP contribution is -2.29. The van der Waals surface area contributed by atoms with Crippen LogP contribution in [-0.2, 0) is 28.2 Å². The van der Waals surface area contributed by atoms with Crippen molar-refractivity contribution in [2.45, 2.75) is 200 Å². The number of hydrogen-bond donors (Lipinski definition) is 2. The smallest absolute Gasteiger partial charge is 0.462 e. The van der Waals surface area contributed by atoms with Gasteiger partial charge in [-0.15, -0.1) is 0 Å². The second kappa shape index (κ2) is 37.0. The van der Waals surface area contributed by atoms with Gasteiger partial charge >= 0.3 is 19.8 Å². The van der Waals surface area contributed by atoms with Gasteiger partial charge in [0.1, 0.15) is 6.61 Å². The molecule has 9 heteroatoms. The van der Waals surface area contributed by atoms with Gasteiger partial charge in [0, 0.05) is 12.8 Å². The molecule has 8 nitrogen and oxygen atoms in total. The van der Waals surface area contributed by atoms with Crippen molar-refractivity contribution in [1.82, 2.24) is 0 Å². The van der Waals surface area contributed by atoms with Crippen LogP contribution in [0.4, 0.5) is 0 Å². The fraction of sp³-hybridized carbons (Fsp3) is 0.805. The molecule has 0 aliphatic heterocycles. The van der Waals surface area contributed by atoms with Crippen molar-refractivity contribution in [3.05, 3.63) is 36.5 Å². The van der Waals surface area contributed by atoms with E-state index in [4.69, 9.17) is 19.3 Å². The SMILES string of the molecule is CCCC/C=C/CCCCCCCCCCCC(=O)OC[C@H](COP(=O)(O)O)OC(=O)CCCCCCCCC/C=C/C/C=C/CCCCC. The molecule has 0 bridgehead atoms. The van der Waals surface area contributed by atoms with Gasteiger partial charge in [-0.1, -0.05) is 153 Å². The molecule has 0 radical (unpaired) electrons. The van der Waals surface area contributed by atoms with Crippen molar-refractivity contribution in [3.63, 3.8) is 0 Å². The van der Waals surface area contributed by atoms with Crippen LogP contribution < -0.4 is 0 Å². The van der Waals surface area contributed by atoms with E-state index >= 15 is 0 Å². The lowest BCUT2D eigenvalue weighted by Gasteiger charge is -2.18. The van der Waals surface area contributed by atoms with E-state index in [1.807, 2.05) is 0 Å². The molecule has 0 rings (SSSR count). The lowest BCUT2D eigenvalue weighted by atomic mass is 10.1. The van der Waals surface area contributed by atoms with Crippen molar-refractivity contribution in [2.24, 2.45) is 0 Å². The Bertz CT molecular complexity index is 910. The number of carbonyl (C=O) groups is 2. The van der Waals surface area contributed by atoms with Crippen LogP contribution >= 0.6 is 7.82 Å². The molecule has 0 aliphatic carbocycles. The average Bonchev–Trinajstić information content (AvgIpc) is 3.08. The average molecular weight is 727 g/mol. The molecule has 50 heavy (non-hydrogen) atoms. The van der Waals surface area contributed by atoms with E-state index < -0.39 is 32.5 Å². The first kappa shape index (κ1) is 48.3. The number of phosphoric acid groups is 1. The highest BCUT2D eigenvalue weighted by atomic mass is 31.2. The maximum absolute atomic E-state index is 12.4. The number of phosphoric ester groups is 1. The molecule has 0 saturated carbocycles. The summed E-state index contributed by atoms with van der Waals surface area (Å²) < 4.78 is 26.4. The molecule has 0 saturated heterocycles. The zero-order valence-electron chi connectivity index (χ0n) is 32.0. The zero-order valence-corrected chi connectivity index (χ0v) is 32.9. The van der Waals surface area contributed by atoms with Crippen LogP contribution in [0.25, 0.3) is 0 Å². The third-order valence-electron chi connectivity index (χ3n) is 8.63. The van der Waals surface area contributed by atoms with Gasteiger partial charge in [-0.05, 0) is 64.2 Å². The zero-order chi connectivity index (χ0) is 36.8. The van der Waals surface area contributed by atoms with Crippen molar-refractivity contribution >= 4 is 19.8 Å². The van der Waals surface area contributed by atoms with Crippen LogP contribution in [0.2, 0.25) is 0 Å². The minimum absolute atomic E-state index is 0.203. The molecule has 0 aromatic carbocycles. The summed E-state index contributed by atoms with van der Waals surface area (Å²) in [7, 11) is -4.75. The number of rotatable bonds is 37. The topological polar surface area (TPSA) is 119 Å². The molecule has 0 aliphatic rings. The number of ether oxygens (including phenoxy) is 2. The van der Waals surface area contributed by atoms with Crippen LogP contribution in [0.15, 0.2) is 36.5 Å². The van der Waals surface area contributed by atoms with Crippen molar-refractivity contribution in [2.75, 3.05) is 13.2 Å². The van der Waals surface area contributed by atoms with Crippen LogP contribution in [0, 0.1) is 0 Å². The molecule has 2 N–H and O–H groups in total. The second-order valence-corrected chi connectivity index (χ2v) is 14.8. The van der Waals surface area contributed by atoms with Gasteiger partial charge in [0.15, 0.2) is 6.10 Å². The summed E-state index contributed by atoms with van der Waals surface area (Å²) in [5, 5.41) is 0. The molecule has 1 atom stereocenters. The lowest BCUT2D eigenvalue weighted by molar-refractivity contribution is -0.161. The molecule has 0 fully saturated rings. The molecule has 0 aromatic heterocycles. The molecular formula is C41H75O8P. The van der Waals surface area contributed by atoms with Crippen LogP contribution in [0.5, 0.6) is 0 Å². The minimum atomic E-state index is -4.75. The monoisotopic (exact) mass is 727 g/mol. The third kappa shape index (κ3) is 39.1. The first-order valence-corrected chi connectivity index (χ1v) is 21.8. The quantitative estimate of drug-likeness (QED) is 0.0281. The number of hydrogen-bond acceptors (Lipinski definition) is 6. The van der Waals surface area contributed by atoms with Gasteiger partial charge in [-0.3, -0.25) is 14.1 Å². The highest BCUT2D eigenvalue weighted by molar-refractivity contribution is 7.46. The van der Waals surface area contributed by atoms with Crippen LogP contribution in [-0.4, -0.2) is 41.0 Å². The van der Waals surface area contributed by atoms with Crippen molar-refractivity contribution in [3.8, 4) is 0 Å². The predicted octanol–water partition coefficient (Wildman–Crippen LogP) is 12.2. The van der Waals surface area contributed by atoms with Gasteiger partial charge in [0.2, 0.25) is 0 Å². The van der Waals surface area contributed by atoms with Crippen LogP contribution in [0.3, 0.4) is 0 Å². The Balaban J connectivity index is 3.94. The molecular weight excluding hydrogens is 651 g/mol. The van der Waals surface area contributed by atoms with Gasteiger partial charge < -0.3 is 19.3 Å². The summed E-state index contributed by atoms with van der Waals surface area (Å²) in [6.07, 6.45) is 42.8. The van der Waals surface area contributed by atoms with Crippen LogP contribution in [0.1, 0.15) is 194 Å². The van der Waals surface area contributed by atoms with E-state index in [0.29, 0.717) is 6.42 Å². The number of allylic oxidation sites excluding steroid dienone is 6. The molecule has 0 heterocycles. The van der Waals surface area contributed by atoms with Gasteiger partial charge in [-0.25, -0.2) is 4.57 Å². The van der Waals surface area contributed by atoms with E-state index in [0.717, 1.165) is 51.4 Å². The number of unbranched alkanes of at least 4 members (excludes halogenated alkanes) is 21. The second-order valence-electron chi connectivity index (χ2n) is 13.6. The van der Waals surface area contributed by atoms with Gasteiger partial charge in [0.05, 0.1) is 6.61 Å². The Morgan fingerprint density at radius 3 is 1.40 bits per heavy atom. The first-order valence-electron chi connectivity index (χ1n) is 20.3. The predicted molar refractivity (Wildman–Crippen MR) is 207 cm³/mol. The number of esters is 2. The van der Waals surface area contributed by atoms with Crippen molar-refractivity contribution in [1.29, 1.82) is 0 Å². The highest BCUT2D eigenvalue weighted by Crippen LogP contribution is 2.36. The first-order chi connectivity index (χ1) is 24.3.